The van der Waals surface area contributed by atoms with Gasteiger partial charge in [-0.3, -0.25) is 14.5 Å². The quantitative estimate of drug-likeness (QED) is 0.747. The maximum atomic E-state index is 13.1. The zero-order chi connectivity index (χ0) is 20.4. The molecule has 4 amide bonds. The van der Waals surface area contributed by atoms with E-state index in [4.69, 9.17) is 0 Å². The molecule has 1 fully saturated rings. The lowest BCUT2D eigenvalue weighted by Crippen LogP contribution is -2.46. The Balaban J connectivity index is 2.21. The normalized spacial score (nSPS) is 19.8. The van der Waals surface area contributed by atoms with Crippen molar-refractivity contribution >= 4 is 17.8 Å². The van der Waals surface area contributed by atoms with Crippen molar-refractivity contribution < 1.29 is 14.4 Å². The fourth-order valence-electron chi connectivity index (χ4n) is 3.55. The molecule has 1 unspecified atom stereocenters. The van der Waals surface area contributed by atoms with Crippen LogP contribution in [-0.2, 0) is 15.1 Å². The number of rotatable bonds is 7. The molecule has 27 heavy (non-hydrogen) atoms. The molecule has 0 aromatic heterocycles. The monoisotopic (exact) mass is 373 g/mol. The summed E-state index contributed by atoms with van der Waals surface area (Å²) in [4.78, 5) is 41.2. The molecule has 0 bridgehead atoms. The van der Waals surface area contributed by atoms with E-state index in [2.05, 4.69) is 5.32 Å². The molecule has 6 heteroatoms. The summed E-state index contributed by atoms with van der Waals surface area (Å²) < 4.78 is 0. The molecule has 1 N–H and O–H groups in total. The van der Waals surface area contributed by atoms with Crippen molar-refractivity contribution in [1.29, 1.82) is 0 Å². The van der Waals surface area contributed by atoms with Gasteiger partial charge in [-0.15, -0.1) is 0 Å². The molecule has 1 atom stereocenters. The smallest absolute Gasteiger partial charge is 0.325 e. The van der Waals surface area contributed by atoms with Crippen molar-refractivity contribution in [1.82, 2.24) is 15.1 Å². The first-order valence-corrected chi connectivity index (χ1v) is 9.54. The molecular formula is C21H31N3O3. The summed E-state index contributed by atoms with van der Waals surface area (Å²) in [6.07, 6.45) is 0. The number of hydrogen-bond acceptors (Lipinski definition) is 3. The van der Waals surface area contributed by atoms with Gasteiger partial charge in [-0.05, 0) is 36.8 Å². The van der Waals surface area contributed by atoms with Gasteiger partial charge in [-0.25, -0.2) is 4.79 Å². The van der Waals surface area contributed by atoms with Crippen molar-refractivity contribution in [2.45, 2.75) is 47.1 Å². The Labute approximate surface area is 161 Å². The summed E-state index contributed by atoms with van der Waals surface area (Å²) in [6, 6.07) is 6.95. The molecule has 1 heterocycles. The lowest BCUT2D eigenvalue weighted by atomic mass is 9.88. The number of urea groups is 1. The summed E-state index contributed by atoms with van der Waals surface area (Å²) in [7, 11) is 0. The van der Waals surface area contributed by atoms with Crippen molar-refractivity contribution in [2.75, 3.05) is 19.6 Å². The molecule has 0 spiro atoms. The van der Waals surface area contributed by atoms with E-state index in [1.165, 1.54) is 0 Å². The van der Waals surface area contributed by atoms with Crippen LogP contribution in [0.4, 0.5) is 4.79 Å². The van der Waals surface area contributed by atoms with Crippen molar-refractivity contribution in [2.24, 2.45) is 11.8 Å². The minimum Gasteiger partial charge on any atom is -0.341 e. The Morgan fingerprint density at radius 1 is 1.11 bits per heavy atom. The Bertz CT molecular complexity index is 719. The van der Waals surface area contributed by atoms with Crippen LogP contribution in [0, 0.1) is 18.8 Å². The largest absolute Gasteiger partial charge is 0.341 e. The van der Waals surface area contributed by atoms with Gasteiger partial charge in [0.15, 0.2) is 0 Å². The van der Waals surface area contributed by atoms with Crippen LogP contribution in [0.3, 0.4) is 0 Å². The van der Waals surface area contributed by atoms with E-state index in [1.54, 1.807) is 11.8 Å². The van der Waals surface area contributed by atoms with Gasteiger partial charge in [-0.2, -0.15) is 0 Å². The lowest BCUT2D eigenvalue weighted by molar-refractivity contribution is -0.139. The Morgan fingerprint density at radius 2 is 1.67 bits per heavy atom. The molecule has 1 aliphatic rings. The Kier molecular flexibility index (Phi) is 6.29. The third-order valence-electron chi connectivity index (χ3n) is 4.78. The zero-order valence-corrected chi connectivity index (χ0v) is 17.2. The van der Waals surface area contributed by atoms with Gasteiger partial charge in [0.2, 0.25) is 5.91 Å². The molecule has 1 aromatic rings. The van der Waals surface area contributed by atoms with Gasteiger partial charge >= 0.3 is 6.03 Å². The van der Waals surface area contributed by atoms with Crippen LogP contribution < -0.4 is 5.32 Å². The summed E-state index contributed by atoms with van der Waals surface area (Å²) in [6.45, 7) is 12.8. The predicted molar refractivity (Wildman–Crippen MR) is 105 cm³/mol. The number of nitrogens with zero attached hydrogens (tertiary/aromatic N) is 2. The molecule has 6 nitrogen and oxygen atoms in total. The Hall–Kier alpha value is -2.37. The predicted octanol–water partition coefficient (Wildman–Crippen LogP) is 2.90. The molecule has 148 valence electrons. The molecule has 0 aliphatic carbocycles. The Morgan fingerprint density at radius 3 is 2.19 bits per heavy atom. The number of nitrogens with one attached hydrogen (secondary N) is 1. The second-order valence-electron chi connectivity index (χ2n) is 8.35. The van der Waals surface area contributed by atoms with Gasteiger partial charge < -0.3 is 10.2 Å². The second kappa shape index (κ2) is 8.11. The lowest BCUT2D eigenvalue weighted by Gasteiger charge is -2.28. The number of imide groups is 1. The van der Waals surface area contributed by atoms with Gasteiger partial charge in [-0.1, -0.05) is 52.0 Å². The maximum Gasteiger partial charge on any atom is 0.325 e. The number of amides is 4. The van der Waals surface area contributed by atoms with Gasteiger partial charge in [0.1, 0.15) is 12.1 Å². The van der Waals surface area contributed by atoms with Crippen LogP contribution in [0.2, 0.25) is 0 Å². The van der Waals surface area contributed by atoms with Gasteiger partial charge in [0.25, 0.3) is 5.91 Å². The van der Waals surface area contributed by atoms with Gasteiger partial charge in [0.05, 0.1) is 0 Å². The zero-order valence-electron chi connectivity index (χ0n) is 17.2. The molecule has 1 aromatic carbocycles. The first-order chi connectivity index (χ1) is 12.6. The number of hydrogen-bond donors (Lipinski definition) is 1. The van der Waals surface area contributed by atoms with Crippen molar-refractivity contribution in [3.05, 3.63) is 35.4 Å². The van der Waals surface area contributed by atoms with Crippen LogP contribution in [0.15, 0.2) is 24.3 Å². The number of carbonyl (C=O) groups excluding carboxylic acids is 3. The molecule has 1 aliphatic heterocycles. The highest BCUT2D eigenvalue weighted by Gasteiger charge is 2.50. The third kappa shape index (κ3) is 4.49. The number of aryl methyl sites for hydroxylation is 1. The molecule has 1 saturated heterocycles. The topological polar surface area (TPSA) is 69.7 Å². The average Bonchev–Trinajstić information content (AvgIpc) is 2.77. The number of carbonyl (C=O) groups is 3. The van der Waals surface area contributed by atoms with Crippen molar-refractivity contribution in [3.63, 3.8) is 0 Å². The van der Waals surface area contributed by atoms with E-state index in [-0.39, 0.29) is 18.4 Å². The fraction of sp³-hybridized carbons (Fsp3) is 0.571. The SMILES string of the molecule is Cc1ccccc1C1(C)NC(=O)N(CC(=O)N(CC(C)C)CC(C)C)C1=O. The van der Waals surface area contributed by atoms with E-state index < -0.39 is 11.6 Å². The highest BCUT2D eigenvalue weighted by molar-refractivity contribution is 6.09. The summed E-state index contributed by atoms with van der Waals surface area (Å²) in [5, 5.41) is 2.78. The van der Waals surface area contributed by atoms with Crippen LogP contribution in [0.1, 0.15) is 45.7 Å². The molecule has 2 rings (SSSR count). The third-order valence-corrected chi connectivity index (χ3v) is 4.78. The van der Waals surface area contributed by atoms with Crippen molar-refractivity contribution in [3.8, 4) is 0 Å². The first-order valence-electron chi connectivity index (χ1n) is 9.54. The summed E-state index contributed by atoms with van der Waals surface area (Å²) in [5.41, 5.74) is 0.520. The molecule has 0 radical (unpaired) electrons. The van der Waals surface area contributed by atoms with Crippen LogP contribution >= 0.6 is 0 Å². The highest BCUT2D eigenvalue weighted by Crippen LogP contribution is 2.30. The van der Waals surface area contributed by atoms with E-state index in [1.807, 2.05) is 58.9 Å². The summed E-state index contributed by atoms with van der Waals surface area (Å²) >= 11 is 0. The second-order valence-corrected chi connectivity index (χ2v) is 8.35. The van der Waals surface area contributed by atoms with E-state index >= 15 is 0 Å². The standard InChI is InChI=1S/C21H31N3O3/c1-14(2)11-23(12-15(3)4)18(25)13-24-19(26)21(6,22-20(24)27)17-10-8-7-9-16(17)5/h7-10,14-15H,11-13H2,1-6H3,(H,22,27). The molecular weight excluding hydrogens is 342 g/mol. The maximum absolute atomic E-state index is 13.1. The minimum absolute atomic E-state index is 0.199. The summed E-state index contributed by atoms with van der Waals surface area (Å²) in [5.74, 6) is 0.0419. The van der Waals surface area contributed by atoms with E-state index in [0.29, 0.717) is 24.9 Å². The minimum atomic E-state index is -1.15. The van der Waals surface area contributed by atoms with Crippen LogP contribution in [0.25, 0.3) is 0 Å². The van der Waals surface area contributed by atoms with E-state index in [0.717, 1.165) is 16.0 Å². The average molecular weight is 373 g/mol. The fourth-order valence-corrected chi connectivity index (χ4v) is 3.55. The van der Waals surface area contributed by atoms with E-state index in [9.17, 15) is 14.4 Å². The number of benzene rings is 1. The van der Waals surface area contributed by atoms with Crippen LogP contribution in [0.5, 0.6) is 0 Å². The first kappa shape index (κ1) is 20.9. The highest BCUT2D eigenvalue weighted by atomic mass is 16.2. The molecule has 0 saturated carbocycles. The van der Waals surface area contributed by atoms with Crippen LogP contribution in [-0.4, -0.2) is 47.3 Å². The van der Waals surface area contributed by atoms with Gasteiger partial charge in [0, 0.05) is 13.1 Å².